The van der Waals surface area contributed by atoms with E-state index in [1.807, 2.05) is 31.2 Å². The van der Waals surface area contributed by atoms with Crippen molar-refractivity contribution in [1.29, 1.82) is 0 Å². The molecule has 0 aliphatic rings. The highest BCUT2D eigenvalue weighted by Crippen LogP contribution is 2.30. The minimum Gasteiger partial charge on any atom is -0.494 e. The Morgan fingerprint density at radius 2 is 1.95 bits per heavy atom. The molecule has 0 atom stereocenters. The van der Waals surface area contributed by atoms with E-state index in [-0.39, 0.29) is 5.82 Å². The number of carbonyl (C=O) groups excluding carboxylic acids is 1. The van der Waals surface area contributed by atoms with E-state index in [0.29, 0.717) is 23.3 Å². The summed E-state index contributed by atoms with van der Waals surface area (Å²) in [5, 5.41) is 0.592. The average molecular weight is 283 g/mol. The van der Waals surface area contributed by atoms with Crippen LogP contribution in [-0.2, 0) is 0 Å². The number of carbonyl (C=O) groups is 1. The number of benzene rings is 2. The summed E-state index contributed by atoms with van der Waals surface area (Å²) in [7, 11) is 0. The number of ether oxygens (including phenoxy) is 1. The van der Waals surface area contributed by atoms with Crippen LogP contribution in [0.15, 0.2) is 42.5 Å². The fourth-order valence-electron chi connectivity index (χ4n) is 2.42. The average Bonchev–Trinajstić information content (AvgIpc) is 2.86. The van der Waals surface area contributed by atoms with Crippen LogP contribution in [0.25, 0.3) is 22.2 Å². The second-order valence-corrected chi connectivity index (χ2v) is 4.68. The maximum Gasteiger partial charge on any atom is 0.152 e. The normalized spacial score (nSPS) is 10.8. The first-order valence-electron chi connectivity index (χ1n) is 6.72. The molecule has 1 aromatic heterocycles. The molecule has 0 saturated heterocycles. The predicted octanol–water partition coefficient (Wildman–Crippen LogP) is 4.19. The smallest absolute Gasteiger partial charge is 0.152 e. The van der Waals surface area contributed by atoms with Crippen LogP contribution < -0.4 is 4.74 Å². The number of aldehydes is 1. The predicted molar refractivity (Wildman–Crippen MR) is 80.2 cm³/mol. The Kier molecular flexibility index (Phi) is 3.44. The van der Waals surface area contributed by atoms with E-state index in [4.69, 9.17) is 4.74 Å². The molecule has 2 aromatic carbocycles. The van der Waals surface area contributed by atoms with Gasteiger partial charge in [-0.3, -0.25) is 4.79 Å². The summed E-state index contributed by atoms with van der Waals surface area (Å²) < 4.78 is 18.8. The molecule has 0 amide bonds. The monoisotopic (exact) mass is 283 g/mol. The van der Waals surface area contributed by atoms with Crippen molar-refractivity contribution in [3.05, 3.63) is 53.8 Å². The molecule has 3 nitrogen and oxygen atoms in total. The number of aromatic nitrogens is 1. The first-order chi connectivity index (χ1) is 10.2. The topological polar surface area (TPSA) is 42.1 Å². The quantitative estimate of drug-likeness (QED) is 0.730. The molecule has 0 unspecified atom stereocenters. The number of aromatic amines is 1. The van der Waals surface area contributed by atoms with Gasteiger partial charge in [0, 0.05) is 16.5 Å². The van der Waals surface area contributed by atoms with Crippen LogP contribution in [0, 0.1) is 5.82 Å². The Bertz CT molecular complexity index is 790. The second-order valence-electron chi connectivity index (χ2n) is 4.68. The van der Waals surface area contributed by atoms with E-state index < -0.39 is 0 Å². The van der Waals surface area contributed by atoms with Crippen LogP contribution in [0.1, 0.15) is 17.3 Å². The molecular formula is C17H14FNO2. The molecule has 0 aliphatic heterocycles. The third kappa shape index (κ3) is 2.40. The summed E-state index contributed by atoms with van der Waals surface area (Å²) in [5.74, 6) is 0.416. The van der Waals surface area contributed by atoms with Crippen molar-refractivity contribution in [2.75, 3.05) is 6.61 Å². The Morgan fingerprint density at radius 1 is 1.19 bits per heavy atom. The molecule has 0 spiro atoms. The van der Waals surface area contributed by atoms with Crippen LogP contribution in [0.4, 0.5) is 4.39 Å². The number of halogens is 1. The molecule has 0 radical (unpaired) electrons. The van der Waals surface area contributed by atoms with Crippen molar-refractivity contribution in [2.24, 2.45) is 0 Å². The summed E-state index contributed by atoms with van der Waals surface area (Å²) >= 11 is 0. The first kappa shape index (κ1) is 13.4. The molecule has 0 saturated carbocycles. The summed E-state index contributed by atoms with van der Waals surface area (Å²) in [6.07, 6.45) is 0.754. The molecule has 0 aliphatic carbocycles. The third-order valence-electron chi connectivity index (χ3n) is 3.37. The molecule has 0 fully saturated rings. The Balaban J connectivity index is 2.13. The SMILES string of the molecule is CCOc1ccc(-c2[nH]c3ccc(F)cc3c2C=O)cc1. The summed E-state index contributed by atoms with van der Waals surface area (Å²) in [6.45, 7) is 2.52. The van der Waals surface area contributed by atoms with Gasteiger partial charge in [-0.15, -0.1) is 0 Å². The Hall–Kier alpha value is -2.62. The van der Waals surface area contributed by atoms with Crippen LogP contribution >= 0.6 is 0 Å². The molecule has 3 aromatic rings. The van der Waals surface area contributed by atoms with Gasteiger partial charge in [0.1, 0.15) is 11.6 Å². The highest BCUT2D eigenvalue weighted by Gasteiger charge is 2.13. The summed E-state index contributed by atoms with van der Waals surface area (Å²) in [5.41, 5.74) is 2.75. The molecule has 106 valence electrons. The molecule has 4 heteroatoms. The van der Waals surface area contributed by atoms with Gasteiger partial charge in [-0.25, -0.2) is 4.39 Å². The second kappa shape index (κ2) is 5.40. The standard InChI is InChI=1S/C17H14FNO2/c1-2-21-13-6-3-11(4-7-13)17-15(10-20)14-9-12(18)5-8-16(14)19-17/h3-10,19H,2H2,1H3. The Morgan fingerprint density at radius 3 is 2.62 bits per heavy atom. The maximum atomic E-state index is 13.4. The van der Waals surface area contributed by atoms with Crippen LogP contribution in [0.5, 0.6) is 5.75 Å². The highest BCUT2D eigenvalue weighted by atomic mass is 19.1. The van der Waals surface area contributed by atoms with Gasteiger partial charge >= 0.3 is 0 Å². The van der Waals surface area contributed by atoms with E-state index in [0.717, 1.165) is 23.1 Å². The highest BCUT2D eigenvalue weighted by molar-refractivity contribution is 6.04. The van der Waals surface area contributed by atoms with E-state index in [1.165, 1.54) is 12.1 Å². The fourth-order valence-corrected chi connectivity index (χ4v) is 2.42. The fraction of sp³-hybridized carbons (Fsp3) is 0.118. The summed E-state index contributed by atoms with van der Waals surface area (Å²) in [6, 6.07) is 11.8. The molecule has 3 rings (SSSR count). The van der Waals surface area contributed by atoms with Crippen molar-refractivity contribution in [3.63, 3.8) is 0 Å². The van der Waals surface area contributed by atoms with Crippen molar-refractivity contribution >= 4 is 17.2 Å². The zero-order valence-electron chi connectivity index (χ0n) is 11.5. The van der Waals surface area contributed by atoms with Gasteiger partial charge in [-0.2, -0.15) is 0 Å². The van der Waals surface area contributed by atoms with Crippen LogP contribution in [-0.4, -0.2) is 17.9 Å². The number of fused-ring (bicyclic) bond motifs is 1. The molecule has 1 N–H and O–H groups in total. The zero-order valence-corrected chi connectivity index (χ0v) is 11.5. The minimum absolute atomic E-state index is 0.358. The molecule has 1 heterocycles. The minimum atomic E-state index is -0.358. The van der Waals surface area contributed by atoms with Gasteiger partial charge in [0.25, 0.3) is 0 Å². The van der Waals surface area contributed by atoms with Gasteiger partial charge in [0.2, 0.25) is 0 Å². The van der Waals surface area contributed by atoms with Crippen LogP contribution in [0.3, 0.4) is 0 Å². The maximum absolute atomic E-state index is 13.4. The number of hydrogen-bond donors (Lipinski definition) is 1. The van der Waals surface area contributed by atoms with E-state index >= 15 is 0 Å². The number of nitrogens with one attached hydrogen (secondary N) is 1. The largest absolute Gasteiger partial charge is 0.494 e. The number of hydrogen-bond acceptors (Lipinski definition) is 2. The zero-order chi connectivity index (χ0) is 14.8. The summed E-state index contributed by atoms with van der Waals surface area (Å²) in [4.78, 5) is 14.6. The number of rotatable bonds is 4. The van der Waals surface area contributed by atoms with Gasteiger partial charge in [-0.05, 0) is 55.0 Å². The molecule has 0 bridgehead atoms. The van der Waals surface area contributed by atoms with Crippen molar-refractivity contribution in [3.8, 4) is 17.0 Å². The first-order valence-corrected chi connectivity index (χ1v) is 6.72. The van der Waals surface area contributed by atoms with E-state index in [9.17, 15) is 9.18 Å². The van der Waals surface area contributed by atoms with Crippen LogP contribution in [0.2, 0.25) is 0 Å². The number of H-pyrrole nitrogens is 1. The van der Waals surface area contributed by atoms with Crippen molar-refractivity contribution in [2.45, 2.75) is 6.92 Å². The van der Waals surface area contributed by atoms with Crippen molar-refractivity contribution in [1.82, 2.24) is 4.98 Å². The Labute approximate surface area is 121 Å². The van der Waals surface area contributed by atoms with E-state index in [2.05, 4.69) is 4.98 Å². The van der Waals surface area contributed by atoms with Crippen molar-refractivity contribution < 1.29 is 13.9 Å². The van der Waals surface area contributed by atoms with Gasteiger partial charge < -0.3 is 9.72 Å². The lowest BCUT2D eigenvalue weighted by molar-refractivity contribution is 0.112. The van der Waals surface area contributed by atoms with Gasteiger partial charge in [0.05, 0.1) is 12.3 Å². The molecular weight excluding hydrogens is 269 g/mol. The lowest BCUT2D eigenvalue weighted by Gasteiger charge is -2.04. The van der Waals surface area contributed by atoms with Gasteiger partial charge in [-0.1, -0.05) is 0 Å². The third-order valence-corrected chi connectivity index (χ3v) is 3.37. The molecule has 21 heavy (non-hydrogen) atoms. The van der Waals surface area contributed by atoms with Gasteiger partial charge in [0.15, 0.2) is 6.29 Å². The lowest BCUT2D eigenvalue weighted by Crippen LogP contribution is -1.91. The van der Waals surface area contributed by atoms with E-state index in [1.54, 1.807) is 6.07 Å². The lowest BCUT2D eigenvalue weighted by atomic mass is 10.1.